The molecule has 0 unspecified atom stereocenters. The topological polar surface area (TPSA) is 29.1 Å². The van der Waals surface area contributed by atoms with E-state index < -0.39 is 5.82 Å². The number of amides is 1. The average Bonchev–Trinajstić information content (AvgIpc) is 2.45. The Morgan fingerprint density at radius 1 is 1.05 bits per heavy atom. The van der Waals surface area contributed by atoms with Crippen molar-refractivity contribution in [1.29, 1.82) is 0 Å². The molecule has 0 heterocycles. The molecule has 1 amide bonds. The Morgan fingerprint density at radius 2 is 1.76 bits per heavy atom. The summed E-state index contributed by atoms with van der Waals surface area (Å²) in [6, 6.07) is 10.7. The van der Waals surface area contributed by atoms with E-state index in [4.69, 9.17) is 11.6 Å². The molecule has 0 radical (unpaired) electrons. The number of rotatable bonds is 5. The molecule has 0 fully saturated rings. The summed E-state index contributed by atoms with van der Waals surface area (Å²) in [6.45, 7) is 0.284. The van der Waals surface area contributed by atoms with E-state index in [-0.39, 0.29) is 35.3 Å². The molecule has 0 aromatic heterocycles. The van der Waals surface area contributed by atoms with Crippen LogP contribution in [0.1, 0.15) is 11.1 Å². The predicted molar refractivity (Wildman–Crippen MR) is 78.2 cm³/mol. The Morgan fingerprint density at radius 3 is 2.48 bits per heavy atom. The molecule has 0 atom stereocenters. The monoisotopic (exact) mass is 309 g/mol. The van der Waals surface area contributed by atoms with Crippen LogP contribution in [0.5, 0.6) is 0 Å². The van der Waals surface area contributed by atoms with Gasteiger partial charge in [-0.15, -0.1) is 0 Å². The maximum Gasteiger partial charge on any atom is 0.224 e. The largest absolute Gasteiger partial charge is 0.355 e. The van der Waals surface area contributed by atoms with Gasteiger partial charge in [-0.05, 0) is 30.2 Å². The number of hydrogen-bond acceptors (Lipinski definition) is 1. The Hall–Kier alpha value is -1.94. The molecule has 2 nitrogen and oxygen atoms in total. The van der Waals surface area contributed by atoms with Crippen molar-refractivity contribution < 1.29 is 13.6 Å². The van der Waals surface area contributed by atoms with Crippen LogP contribution in [0, 0.1) is 11.6 Å². The fourth-order valence-corrected chi connectivity index (χ4v) is 2.19. The van der Waals surface area contributed by atoms with Crippen LogP contribution in [0.15, 0.2) is 42.5 Å². The maximum absolute atomic E-state index is 13.5. The zero-order valence-corrected chi connectivity index (χ0v) is 12.0. The van der Waals surface area contributed by atoms with Gasteiger partial charge in [-0.25, -0.2) is 8.78 Å². The molecule has 0 aliphatic carbocycles. The Balaban J connectivity index is 1.87. The Kier molecular flexibility index (Phi) is 5.28. The van der Waals surface area contributed by atoms with Crippen LogP contribution >= 0.6 is 11.6 Å². The lowest BCUT2D eigenvalue weighted by Crippen LogP contribution is -2.27. The highest BCUT2D eigenvalue weighted by Gasteiger charge is 2.11. The molecule has 2 aromatic carbocycles. The molecule has 5 heteroatoms. The summed E-state index contributed by atoms with van der Waals surface area (Å²) in [4.78, 5) is 11.8. The third-order valence-corrected chi connectivity index (χ3v) is 3.43. The van der Waals surface area contributed by atoms with E-state index in [1.807, 2.05) is 0 Å². The molecule has 0 spiro atoms. The average molecular weight is 310 g/mol. The SMILES string of the molecule is O=C(Cc1c(F)cccc1Cl)NCCc1ccccc1F. The minimum atomic E-state index is -0.508. The minimum Gasteiger partial charge on any atom is -0.355 e. The van der Waals surface area contributed by atoms with Gasteiger partial charge in [0.05, 0.1) is 6.42 Å². The number of nitrogens with one attached hydrogen (secondary N) is 1. The smallest absolute Gasteiger partial charge is 0.224 e. The van der Waals surface area contributed by atoms with E-state index in [1.165, 1.54) is 24.3 Å². The number of carbonyl (C=O) groups is 1. The molecule has 0 aliphatic rings. The van der Waals surface area contributed by atoms with Crippen LogP contribution in [0.4, 0.5) is 8.78 Å². The first-order chi connectivity index (χ1) is 10.1. The molecule has 2 rings (SSSR count). The van der Waals surface area contributed by atoms with E-state index in [2.05, 4.69) is 5.32 Å². The zero-order valence-electron chi connectivity index (χ0n) is 11.2. The second-order valence-corrected chi connectivity index (χ2v) is 4.98. The second-order valence-electron chi connectivity index (χ2n) is 4.57. The standard InChI is InChI=1S/C16H14ClF2NO/c17-13-5-3-7-15(19)12(13)10-16(21)20-9-8-11-4-1-2-6-14(11)18/h1-7H,8-10H2,(H,20,21). The van der Waals surface area contributed by atoms with E-state index >= 15 is 0 Å². The van der Waals surface area contributed by atoms with Crippen LogP contribution in [0.25, 0.3) is 0 Å². The summed E-state index contributed by atoms with van der Waals surface area (Å²) >= 11 is 5.85. The van der Waals surface area contributed by atoms with Crippen LogP contribution in [-0.4, -0.2) is 12.5 Å². The third-order valence-electron chi connectivity index (χ3n) is 3.07. The molecule has 0 aliphatic heterocycles. The van der Waals surface area contributed by atoms with Crippen molar-refractivity contribution in [2.45, 2.75) is 12.8 Å². The molecule has 0 saturated heterocycles. The van der Waals surface area contributed by atoms with E-state index in [0.29, 0.717) is 12.0 Å². The lowest BCUT2D eigenvalue weighted by atomic mass is 10.1. The fraction of sp³-hybridized carbons (Fsp3) is 0.188. The van der Waals surface area contributed by atoms with Gasteiger partial charge in [-0.3, -0.25) is 4.79 Å². The maximum atomic E-state index is 13.5. The van der Waals surface area contributed by atoms with Crippen LogP contribution in [-0.2, 0) is 17.6 Å². The van der Waals surface area contributed by atoms with Crippen molar-refractivity contribution in [3.05, 3.63) is 70.2 Å². The molecule has 110 valence electrons. The van der Waals surface area contributed by atoms with Crippen LogP contribution in [0.2, 0.25) is 5.02 Å². The summed E-state index contributed by atoms with van der Waals surface area (Å²) in [7, 11) is 0. The Labute approximate surface area is 126 Å². The molecule has 2 aromatic rings. The van der Waals surface area contributed by atoms with Crippen LogP contribution < -0.4 is 5.32 Å². The number of carbonyl (C=O) groups excluding carboxylic acids is 1. The molecule has 21 heavy (non-hydrogen) atoms. The lowest BCUT2D eigenvalue weighted by molar-refractivity contribution is -0.120. The summed E-state index contributed by atoms with van der Waals surface area (Å²) in [5, 5.41) is 2.85. The molecular formula is C16H14ClF2NO. The summed E-state index contributed by atoms with van der Waals surface area (Å²) in [6.07, 6.45) is 0.242. The van der Waals surface area contributed by atoms with Crippen molar-refractivity contribution in [2.75, 3.05) is 6.54 Å². The normalized spacial score (nSPS) is 10.4. The quantitative estimate of drug-likeness (QED) is 0.899. The highest BCUT2D eigenvalue weighted by atomic mass is 35.5. The van der Waals surface area contributed by atoms with Crippen molar-refractivity contribution in [3.63, 3.8) is 0 Å². The van der Waals surface area contributed by atoms with E-state index in [1.54, 1.807) is 18.2 Å². The molecule has 0 bridgehead atoms. The molecule has 1 N–H and O–H groups in total. The number of halogens is 3. The van der Waals surface area contributed by atoms with Gasteiger partial charge in [-0.2, -0.15) is 0 Å². The van der Waals surface area contributed by atoms with Gasteiger partial charge in [0.15, 0.2) is 0 Å². The van der Waals surface area contributed by atoms with Gasteiger partial charge >= 0.3 is 0 Å². The van der Waals surface area contributed by atoms with Crippen molar-refractivity contribution in [1.82, 2.24) is 5.32 Å². The van der Waals surface area contributed by atoms with Gasteiger partial charge in [0, 0.05) is 17.1 Å². The van der Waals surface area contributed by atoms with Crippen molar-refractivity contribution in [2.24, 2.45) is 0 Å². The lowest BCUT2D eigenvalue weighted by Gasteiger charge is -2.08. The van der Waals surface area contributed by atoms with Gasteiger partial charge in [0.2, 0.25) is 5.91 Å². The minimum absolute atomic E-state index is 0.136. The van der Waals surface area contributed by atoms with Gasteiger partial charge in [0.25, 0.3) is 0 Å². The third kappa shape index (κ3) is 4.26. The summed E-state index contributed by atoms with van der Waals surface area (Å²) in [5.74, 6) is -1.16. The van der Waals surface area contributed by atoms with E-state index in [9.17, 15) is 13.6 Å². The van der Waals surface area contributed by atoms with Crippen molar-refractivity contribution in [3.8, 4) is 0 Å². The van der Waals surface area contributed by atoms with Crippen molar-refractivity contribution >= 4 is 17.5 Å². The molecule has 0 saturated carbocycles. The van der Waals surface area contributed by atoms with Gasteiger partial charge in [-0.1, -0.05) is 35.9 Å². The first-order valence-corrected chi connectivity index (χ1v) is 6.88. The number of hydrogen-bond donors (Lipinski definition) is 1. The van der Waals surface area contributed by atoms with E-state index in [0.717, 1.165) is 0 Å². The zero-order chi connectivity index (χ0) is 15.2. The predicted octanol–water partition coefficient (Wildman–Crippen LogP) is 3.52. The number of benzene rings is 2. The van der Waals surface area contributed by atoms with Crippen LogP contribution in [0.3, 0.4) is 0 Å². The fourth-order valence-electron chi connectivity index (χ4n) is 1.96. The summed E-state index contributed by atoms with van der Waals surface area (Å²) in [5.41, 5.74) is 0.698. The summed E-state index contributed by atoms with van der Waals surface area (Å²) < 4.78 is 26.9. The highest BCUT2D eigenvalue weighted by Crippen LogP contribution is 2.19. The molecular weight excluding hydrogens is 296 g/mol. The first kappa shape index (κ1) is 15.4. The second kappa shape index (κ2) is 7.18. The van der Waals surface area contributed by atoms with Gasteiger partial charge < -0.3 is 5.32 Å². The van der Waals surface area contributed by atoms with Gasteiger partial charge in [0.1, 0.15) is 11.6 Å². The highest BCUT2D eigenvalue weighted by molar-refractivity contribution is 6.31. The Bertz CT molecular complexity index is 626. The first-order valence-electron chi connectivity index (χ1n) is 6.51.